The number of aliphatic hydroxyl groups excluding tert-OH is 1. The standard InChI is InChI=1S/C15H14O2S2/c1-17-11-4-2-10(3-5-11)8-12(16)14-9-15-13(19-14)6-7-18-15/h2-7,9,12,16H,8H2,1H3. The Labute approximate surface area is 119 Å². The van der Waals surface area contributed by atoms with E-state index in [0.29, 0.717) is 6.42 Å². The number of aliphatic hydroxyl groups is 1. The molecule has 0 saturated carbocycles. The Bertz CT molecular complexity index is 638. The van der Waals surface area contributed by atoms with Gasteiger partial charge in [0.15, 0.2) is 0 Å². The lowest BCUT2D eigenvalue weighted by Crippen LogP contribution is -1.99. The van der Waals surface area contributed by atoms with Gasteiger partial charge < -0.3 is 9.84 Å². The fourth-order valence-electron chi connectivity index (χ4n) is 2.03. The second-order valence-electron chi connectivity index (χ2n) is 4.37. The molecule has 0 saturated heterocycles. The minimum atomic E-state index is -0.432. The summed E-state index contributed by atoms with van der Waals surface area (Å²) in [5.41, 5.74) is 1.12. The minimum Gasteiger partial charge on any atom is -0.497 e. The fourth-order valence-corrected chi connectivity index (χ4v) is 4.14. The zero-order chi connectivity index (χ0) is 13.2. The van der Waals surface area contributed by atoms with Crippen molar-refractivity contribution in [3.63, 3.8) is 0 Å². The van der Waals surface area contributed by atoms with Crippen molar-refractivity contribution in [2.45, 2.75) is 12.5 Å². The van der Waals surface area contributed by atoms with Crippen LogP contribution < -0.4 is 4.74 Å². The largest absolute Gasteiger partial charge is 0.497 e. The minimum absolute atomic E-state index is 0.432. The first-order valence-electron chi connectivity index (χ1n) is 6.04. The molecular formula is C15H14O2S2. The molecule has 0 radical (unpaired) electrons. The predicted octanol–water partition coefficient (Wildman–Crippen LogP) is 4.25. The van der Waals surface area contributed by atoms with Crippen LogP contribution >= 0.6 is 22.7 Å². The van der Waals surface area contributed by atoms with Crippen LogP contribution in [-0.4, -0.2) is 12.2 Å². The van der Waals surface area contributed by atoms with E-state index in [-0.39, 0.29) is 0 Å². The molecule has 0 aliphatic heterocycles. The average Bonchev–Trinajstić information content (AvgIpc) is 3.00. The second kappa shape index (κ2) is 5.33. The molecule has 0 amide bonds. The van der Waals surface area contributed by atoms with Crippen molar-refractivity contribution in [3.05, 3.63) is 52.2 Å². The van der Waals surface area contributed by atoms with Gasteiger partial charge in [0, 0.05) is 20.7 Å². The van der Waals surface area contributed by atoms with E-state index in [9.17, 15) is 5.11 Å². The fraction of sp³-hybridized carbons (Fsp3) is 0.200. The van der Waals surface area contributed by atoms with Crippen LogP contribution in [0.5, 0.6) is 5.75 Å². The molecule has 0 spiro atoms. The van der Waals surface area contributed by atoms with Crippen LogP contribution in [0.15, 0.2) is 41.8 Å². The average molecular weight is 290 g/mol. The highest BCUT2D eigenvalue weighted by molar-refractivity contribution is 7.26. The van der Waals surface area contributed by atoms with Gasteiger partial charge in [-0.2, -0.15) is 0 Å². The molecule has 0 fully saturated rings. The summed E-state index contributed by atoms with van der Waals surface area (Å²) in [5.74, 6) is 0.842. The van der Waals surface area contributed by atoms with E-state index in [4.69, 9.17) is 4.74 Å². The first-order chi connectivity index (χ1) is 9.26. The topological polar surface area (TPSA) is 29.5 Å². The maximum Gasteiger partial charge on any atom is 0.118 e. The Hall–Kier alpha value is -1.36. The molecule has 1 unspecified atom stereocenters. The zero-order valence-corrected chi connectivity index (χ0v) is 12.1. The lowest BCUT2D eigenvalue weighted by molar-refractivity contribution is 0.182. The van der Waals surface area contributed by atoms with Crippen LogP contribution in [0.25, 0.3) is 9.40 Å². The third-order valence-electron chi connectivity index (χ3n) is 3.07. The molecule has 0 bridgehead atoms. The lowest BCUT2D eigenvalue weighted by Gasteiger charge is -2.09. The van der Waals surface area contributed by atoms with Gasteiger partial charge in [0.2, 0.25) is 0 Å². The van der Waals surface area contributed by atoms with Gasteiger partial charge in [-0.25, -0.2) is 0 Å². The molecule has 1 atom stereocenters. The Morgan fingerprint density at radius 1 is 1.16 bits per heavy atom. The highest BCUT2D eigenvalue weighted by Gasteiger charge is 2.12. The Kier molecular flexibility index (Phi) is 3.55. The summed E-state index contributed by atoms with van der Waals surface area (Å²) in [6.45, 7) is 0. The smallest absolute Gasteiger partial charge is 0.118 e. The summed E-state index contributed by atoms with van der Waals surface area (Å²) in [6.07, 6.45) is 0.204. The molecule has 19 heavy (non-hydrogen) atoms. The van der Waals surface area contributed by atoms with Gasteiger partial charge in [-0.15, -0.1) is 22.7 Å². The van der Waals surface area contributed by atoms with Crippen LogP contribution in [-0.2, 0) is 6.42 Å². The maximum absolute atomic E-state index is 10.3. The van der Waals surface area contributed by atoms with E-state index >= 15 is 0 Å². The number of hydrogen-bond donors (Lipinski definition) is 1. The molecule has 2 heterocycles. The van der Waals surface area contributed by atoms with Crippen molar-refractivity contribution in [1.82, 2.24) is 0 Å². The van der Waals surface area contributed by atoms with Crippen molar-refractivity contribution >= 4 is 32.1 Å². The molecule has 98 valence electrons. The number of thiophene rings is 2. The van der Waals surface area contributed by atoms with Gasteiger partial charge in [-0.1, -0.05) is 12.1 Å². The summed E-state index contributed by atoms with van der Waals surface area (Å²) in [7, 11) is 1.65. The van der Waals surface area contributed by atoms with Crippen molar-refractivity contribution in [2.75, 3.05) is 7.11 Å². The molecule has 4 heteroatoms. The molecule has 3 aromatic rings. The van der Waals surface area contributed by atoms with E-state index in [2.05, 4.69) is 17.5 Å². The molecule has 0 aliphatic rings. The highest BCUT2D eigenvalue weighted by Crippen LogP contribution is 2.34. The molecule has 2 aromatic heterocycles. The SMILES string of the molecule is COc1ccc(CC(O)c2cc3sccc3s2)cc1. The number of benzene rings is 1. The Morgan fingerprint density at radius 2 is 1.95 bits per heavy atom. The molecular weight excluding hydrogens is 276 g/mol. The van der Waals surface area contributed by atoms with E-state index in [1.54, 1.807) is 29.8 Å². The van der Waals surface area contributed by atoms with Crippen molar-refractivity contribution < 1.29 is 9.84 Å². The zero-order valence-electron chi connectivity index (χ0n) is 10.5. The van der Waals surface area contributed by atoms with Gasteiger partial charge in [-0.3, -0.25) is 0 Å². The Balaban J connectivity index is 1.76. The van der Waals surface area contributed by atoms with Crippen LogP contribution in [0, 0.1) is 0 Å². The van der Waals surface area contributed by atoms with Crippen LogP contribution in [0.2, 0.25) is 0 Å². The molecule has 1 aromatic carbocycles. The third kappa shape index (κ3) is 2.66. The normalized spacial score (nSPS) is 12.7. The third-order valence-corrected chi connectivity index (χ3v) is 5.27. The van der Waals surface area contributed by atoms with Gasteiger partial charge >= 0.3 is 0 Å². The van der Waals surface area contributed by atoms with E-state index < -0.39 is 6.10 Å². The quantitative estimate of drug-likeness (QED) is 0.778. The monoisotopic (exact) mass is 290 g/mol. The van der Waals surface area contributed by atoms with Crippen LogP contribution in [0.4, 0.5) is 0 Å². The number of fused-ring (bicyclic) bond motifs is 1. The maximum atomic E-state index is 10.3. The lowest BCUT2D eigenvalue weighted by atomic mass is 10.1. The summed E-state index contributed by atoms with van der Waals surface area (Å²) < 4.78 is 7.65. The van der Waals surface area contributed by atoms with Gasteiger partial charge in [0.25, 0.3) is 0 Å². The van der Waals surface area contributed by atoms with Gasteiger partial charge in [-0.05, 0) is 35.2 Å². The second-order valence-corrected chi connectivity index (χ2v) is 6.43. The number of ether oxygens (including phenoxy) is 1. The van der Waals surface area contributed by atoms with E-state index in [1.807, 2.05) is 24.3 Å². The molecule has 2 nitrogen and oxygen atoms in total. The highest BCUT2D eigenvalue weighted by atomic mass is 32.1. The summed E-state index contributed by atoms with van der Waals surface area (Å²) in [4.78, 5) is 1.04. The number of hydrogen-bond acceptors (Lipinski definition) is 4. The van der Waals surface area contributed by atoms with E-state index in [0.717, 1.165) is 16.2 Å². The van der Waals surface area contributed by atoms with Crippen LogP contribution in [0.3, 0.4) is 0 Å². The van der Waals surface area contributed by atoms with Gasteiger partial charge in [0.05, 0.1) is 13.2 Å². The molecule has 0 aliphatic carbocycles. The van der Waals surface area contributed by atoms with Crippen molar-refractivity contribution in [2.24, 2.45) is 0 Å². The Morgan fingerprint density at radius 3 is 2.63 bits per heavy atom. The first kappa shape index (κ1) is 12.7. The number of methoxy groups -OCH3 is 1. The number of rotatable bonds is 4. The van der Waals surface area contributed by atoms with E-state index in [1.165, 1.54) is 9.40 Å². The van der Waals surface area contributed by atoms with Gasteiger partial charge in [0.1, 0.15) is 5.75 Å². The summed E-state index contributed by atoms with van der Waals surface area (Å²) >= 11 is 3.39. The predicted molar refractivity (Wildman–Crippen MR) is 81.4 cm³/mol. The summed E-state index contributed by atoms with van der Waals surface area (Å²) in [5, 5.41) is 12.4. The molecule has 1 N–H and O–H groups in total. The van der Waals surface area contributed by atoms with Crippen LogP contribution in [0.1, 0.15) is 16.5 Å². The molecule has 3 rings (SSSR count). The first-order valence-corrected chi connectivity index (χ1v) is 7.74. The van der Waals surface area contributed by atoms with Crippen molar-refractivity contribution in [1.29, 1.82) is 0 Å². The summed E-state index contributed by atoms with van der Waals surface area (Å²) in [6, 6.07) is 12.0. The van der Waals surface area contributed by atoms with Crippen molar-refractivity contribution in [3.8, 4) is 5.75 Å².